The molecule has 0 aliphatic heterocycles. The molecule has 0 bridgehead atoms. The van der Waals surface area contributed by atoms with Gasteiger partial charge in [0, 0.05) is 19.7 Å². The number of pyridine rings is 1. The van der Waals surface area contributed by atoms with Gasteiger partial charge in [0.2, 0.25) is 0 Å². The van der Waals surface area contributed by atoms with E-state index in [0.717, 1.165) is 5.82 Å². The second-order valence-corrected chi connectivity index (χ2v) is 4.89. The average Bonchev–Trinajstić information content (AvgIpc) is 2.79. The van der Waals surface area contributed by atoms with E-state index in [0.29, 0.717) is 17.6 Å². The summed E-state index contributed by atoms with van der Waals surface area (Å²) in [6.07, 6.45) is 2.28. The molecule has 0 N–H and O–H groups in total. The zero-order valence-electron chi connectivity index (χ0n) is 11.5. The van der Waals surface area contributed by atoms with Crippen LogP contribution in [0.2, 0.25) is 0 Å². The van der Waals surface area contributed by atoms with Gasteiger partial charge in [0.05, 0.1) is 18.3 Å². The van der Waals surface area contributed by atoms with Crippen LogP contribution in [-0.2, 0) is 15.9 Å². The zero-order chi connectivity index (χ0) is 14.0. The van der Waals surface area contributed by atoms with Crippen LogP contribution >= 0.6 is 0 Å². The summed E-state index contributed by atoms with van der Waals surface area (Å²) in [7, 11) is 3.01. The Bertz CT molecular complexity index is 604. The van der Waals surface area contributed by atoms with Gasteiger partial charge in [-0.1, -0.05) is 0 Å². The van der Waals surface area contributed by atoms with E-state index in [2.05, 4.69) is 10.2 Å². The molecule has 0 unspecified atom stereocenters. The molecular formula is C13H17N3O3. The van der Waals surface area contributed by atoms with E-state index in [1.807, 2.05) is 13.8 Å². The fourth-order valence-electron chi connectivity index (χ4n) is 1.75. The molecule has 0 amide bonds. The van der Waals surface area contributed by atoms with Crippen molar-refractivity contribution in [2.24, 2.45) is 0 Å². The van der Waals surface area contributed by atoms with Gasteiger partial charge in [-0.3, -0.25) is 4.40 Å². The number of aromatic nitrogens is 3. The summed E-state index contributed by atoms with van der Waals surface area (Å²) in [4.78, 5) is 11.5. The summed E-state index contributed by atoms with van der Waals surface area (Å²) in [5, 5.41) is 8.20. The SMILES string of the molecule is COC(=O)c1ccc2nnc(CC(C)(C)OC)n2c1. The zero-order valence-corrected chi connectivity index (χ0v) is 11.5. The van der Waals surface area contributed by atoms with Gasteiger partial charge < -0.3 is 9.47 Å². The van der Waals surface area contributed by atoms with Gasteiger partial charge in [-0.25, -0.2) is 4.79 Å². The molecular weight excluding hydrogens is 246 g/mol. The molecule has 6 heteroatoms. The molecule has 0 aliphatic rings. The first-order valence-corrected chi connectivity index (χ1v) is 5.94. The Morgan fingerprint density at radius 2 is 2.05 bits per heavy atom. The summed E-state index contributed by atoms with van der Waals surface area (Å²) < 4.78 is 11.9. The van der Waals surface area contributed by atoms with Gasteiger partial charge in [0.25, 0.3) is 0 Å². The normalized spacial score (nSPS) is 11.8. The Hall–Kier alpha value is -1.95. The van der Waals surface area contributed by atoms with Gasteiger partial charge in [-0.15, -0.1) is 10.2 Å². The van der Waals surface area contributed by atoms with Crippen molar-refractivity contribution < 1.29 is 14.3 Å². The first kappa shape index (κ1) is 13.5. The fraction of sp³-hybridized carbons (Fsp3) is 0.462. The van der Waals surface area contributed by atoms with Crippen LogP contribution in [0.5, 0.6) is 0 Å². The number of methoxy groups -OCH3 is 2. The number of carbonyl (C=O) groups excluding carboxylic acids is 1. The second kappa shape index (κ2) is 4.97. The molecule has 2 aromatic heterocycles. The standard InChI is InChI=1S/C13H17N3O3/c1-13(2,19-4)7-11-15-14-10-6-5-9(8-16(10)11)12(17)18-3/h5-6,8H,7H2,1-4H3. The Morgan fingerprint density at radius 3 is 2.68 bits per heavy atom. The van der Waals surface area contributed by atoms with Crippen LogP contribution in [0.25, 0.3) is 5.65 Å². The highest BCUT2D eigenvalue weighted by Crippen LogP contribution is 2.16. The Kier molecular flexibility index (Phi) is 3.53. The van der Waals surface area contributed by atoms with Gasteiger partial charge in [-0.05, 0) is 26.0 Å². The molecule has 0 aromatic carbocycles. The van der Waals surface area contributed by atoms with E-state index in [1.165, 1.54) is 7.11 Å². The smallest absolute Gasteiger partial charge is 0.339 e. The van der Waals surface area contributed by atoms with Crippen molar-refractivity contribution in [3.8, 4) is 0 Å². The van der Waals surface area contributed by atoms with E-state index in [1.54, 1.807) is 29.8 Å². The number of ether oxygens (including phenoxy) is 2. The van der Waals surface area contributed by atoms with Crippen LogP contribution in [0.3, 0.4) is 0 Å². The van der Waals surface area contributed by atoms with Crippen molar-refractivity contribution in [1.29, 1.82) is 0 Å². The molecule has 2 rings (SSSR count). The van der Waals surface area contributed by atoms with Crippen LogP contribution in [0.4, 0.5) is 0 Å². The third kappa shape index (κ3) is 2.73. The summed E-state index contributed by atoms with van der Waals surface area (Å²) in [5.74, 6) is 0.361. The molecule has 6 nitrogen and oxygen atoms in total. The summed E-state index contributed by atoms with van der Waals surface area (Å²) in [6.45, 7) is 3.94. The molecule has 19 heavy (non-hydrogen) atoms. The number of nitrogens with zero attached hydrogens (tertiary/aromatic N) is 3. The lowest BCUT2D eigenvalue weighted by Gasteiger charge is -2.21. The second-order valence-electron chi connectivity index (χ2n) is 4.89. The van der Waals surface area contributed by atoms with Gasteiger partial charge in [-0.2, -0.15) is 0 Å². The number of hydrogen-bond acceptors (Lipinski definition) is 5. The molecule has 2 heterocycles. The molecule has 0 saturated carbocycles. The highest BCUT2D eigenvalue weighted by atomic mass is 16.5. The maximum Gasteiger partial charge on any atom is 0.339 e. The van der Waals surface area contributed by atoms with Crippen molar-refractivity contribution in [2.45, 2.75) is 25.9 Å². The maximum atomic E-state index is 11.5. The highest BCUT2D eigenvalue weighted by molar-refractivity contribution is 5.89. The van der Waals surface area contributed by atoms with Crippen molar-refractivity contribution in [2.75, 3.05) is 14.2 Å². The minimum atomic E-state index is -0.382. The topological polar surface area (TPSA) is 65.7 Å². The van der Waals surface area contributed by atoms with Crippen LogP contribution in [0, 0.1) is 0 Å². The summed E-state index contributed by atoms with van der Waals surface area (Å²) >= 11 is 0. The first-order chi connectivity index (χ1) is 8.96. The molecule has 0 fully saturated rings. The Morgan fingerprint density at radius 1 is 1.32 bits per heavy atom. The van der Waals surface area contributed by atoms with E-state index in [-0.39, 0.29) is 11.6 Å². The fourth-order valence-corrected chi connectivity index (χ4v) is 1.75. The molecule has 0 spiro atoms. The minimum absolute atomic E-state index is 0.343. The van der Waals surface area contributed by atoms with Gasteiger partial charge in [0.1, 0.15) is 5.82 Å². The number of rotatable bonds is 4. The lowest BCUT2D eigenvalue weighted by molar-refractivity contribution is 0.0214. The third-order valence-electron chi connectivity index (χ3n) is 3.03. The van der Waals surface area contributed by atoms with Crippen molar-refractivity contribution in [3.63, 3.8) is 0 Å². The van der Waals surface area contributed by atoms with Crippen molar-refractivity contribution in [3.05, 3.63) is 29.7 Å². The number of carbonyl (C=O) groups is 1. The average molecular weight is 263 g/mol. The van der Waals surface area contributed by atoms with Crippen LogP contribution in [0.15, 0.2) is 18.3 Å². The van der Waals surface area contributed by atoms with Crippen molar-refractivity contribution >= 4 is 11.6 Å². The Labute approximate surface area is 111 Å². The van der Waals surface area contributed by atoms with Crippen molar-refractivity contribution in [1.82, 2.24) is 14.6 Å². The van der Waals surface area contributed by atoms with E-state index >= 15 is 0 Å². The lowest BCUT2D eigenvalue weighted by atomic mass is 10.1. The lowest BCUT2D eigenvalue weighted by Crippen LogP contribution is -2.26. The molecule has 0 aliphatic carbocycles. The first-order valence-electron chi connectivity index (χ1n) is 5.94. The van der Waals surface area contributed by atoms with Gasteiger partial charge in [0.15, 0.2) is 5.65 Å². The van der Waals surface area contributed by atoms with Crippen LogP contribution < -0.4 is 0 Å². The third-order valence-corrected chi connectivity index (χ3v) is 3.03. The quantitative estimate of drug-likeness (QED) is 0.782. The molecule has 102 valence electrons. The van der Waals surface area contributed by atoms with E-state index < -0.39 is 0 Å². The summed E-state index contributed by atoms with van der Waals surface area (Å²) in [5.41, 5.74) is 0.811. The minimum Gasteiger partial charge on any atom is -0.465 e. The van der Waals surface area contributed by atoms with E-state index in [4.69, 9.17) is 9.47 Å². The molecule has 0 radical (unpaired) electrons. The molecule has 2 aromatic rings. The molecule has 0 atom stereocenters. The molecule has 0 saturated heterocycles. The predicted molar refractivity (Wildman–Crippen MR) is 69.1 cm³/mol. The van der Waals surface area contributed by atoms with Crippen LogP contribution in [-0.4, -0.2) is 40.4 Å². The van der Waals surface area contributed by atoms with Gasteiger partial charge >= 0.3 is 5.97 Å². The Balaban J connectivity index is 2.43. The van der Waals surface area contributed by atoms with Crippen LogP contribution in [0.1, 0.15) is 30.0 Å². The summed E-state index contributed by atoms with van der Waals surface area (Å²) in [6, 6.07) is 3.41. The maximum absolute atomic E-state index is 11.5. The monoisotopic (exact) mass is 263 g/mol. The highest BCUT2D eigenvalue weighted by Gasteiger charge is 2.21. The largest absolute Gasteiger partial charge is 0.465 e. The number of hydrogen-bond donors (Lipinski definition) is 0. The number of fused-ring (bicyclic) bond motifs is 1. The van der Waals surface area contributed by atoms with E-state index in [9.17, 15) is 4.79 Å². The number of esters is 1. The predicted octanol–water partition coefficient (Wildman–Crippen LogP) is 1.48.